The fourth-order valence-electron chi connectivity index (χ4n) is 2.00. The number of aliphatic imine (C=N–C) groups is 1. The maximum atomic E-state index is 9.92. The van der Waals surface area contributed by atoms with Crippen molar-refractivity contribution in [3.8, 4) is 5.75 Å². The van der Waals surface area contributed by atoms with Crippen LogP contribution < -0.4 is 0 Å². The molecule has 0 aliphatic heterocycles. The van der Waals surface area contributed by atoms with Crippen molar-refractivity contribution in [2.24, 2.45) is 4.99 Å². The van der Waals surface area contributed by atoms with Crippen molar-refractivity contribution < 1.29 is 5.11 Å². The Labute approximate surface area is 118 Å². The SMILES string of the molecule is Cc1cc(Cl)c(O)c(C=Nc2c(C)cccc2C)c1. The van der Waals surface area contributed by atoms with Gasteiger partial charge in [0.1, 0.15) is 5.75 Å². The molecule has 0 atom stereocenters. The number of phenolic OH excluding ortho intramolecular Hbond substituents is 1. The number of hydrogen-bond acceptors (Lipinski definition) is 2. The van der Waals surface area contributed by atoms with Crippen molar-refractivity contribution in [3.63, 3.8) is 0 Å². The standard InChI is InChI=1S/C16H16ClNO/c1-10-7-13(16(19)14(17)8-10)9-18-15-11(2)5-4-6-12(15)3/h4-9,19H,1-3H3. The van der Waals surface area contributed by atoms with Crippen LogP contribution in [-0.4, -0.2) is 11.3 Å². The summed E-state index contributed by atoms with van der Waals surface area (Å²) in [5, 5.41) is 10.3. The van der Waals surface area contributed by atoms with Crippen LogP contribution in [0.25, 0.3) is 0 Å². The third kappa shape index (κ3) is 2.96. The molecular weight excluding hydrogens is 258 g/mol. The Morgan fingerprint density at radius 2 is 1.74 bits per heavy atom. The number of aromatic hydroxyl groups is 1. The van der Waals surface area contributed by atoms with E-state index in [2.05, 4.69) is 4.99 Å². The van der Waals surface area contributed by atoms with Gasteiger partial charge in [0, 0.05) is 11.8 Å². The van der Waals surface area contributed by atoms with E-state index in [1.807, 2.05) is 45.0 Å². The van der Waals surface area contributed by atoms with Gasteiger partial charge in [0.05, 0.1) is 10.7 Å². The Morgan fingerprint density at radius 3 is 2.37 bits per heavy atom. The highest BCUT2D eigenvalue weighted by Crippen LogP contribution is 2.29. The number of benzene rings is 2. The highest BCUT2D eigenvalue weighted by Gasteiger charge is 2.05. The summed E-state index contributed by atoms with van der Waals surface area (Å²) in [7, 11) is 0. The molecule has 0 aliphatic carbocycles. The minimum atomic E-state index is 0.0715. The van der Waals surface area contributed by atoms with E-state index in [0.29, 0.717) is 10.6 Å². The average molecular weight is 274 g/mol. The molecule has 1 N–H and O–H groups in total. The van der Waals surface area contributed by atoms with E-state index in [0.717, 1.165) is 22.4 Å². The molecule has 2 nitrogen and oxygen atoms in total. The van der Waals surface area contributed by atoms with Crippen LogP contribution in [0.5, 0.6) is 5.75 Å². The monoisotopic (exact) mass is 273 g/mol. The van der Waals surface area contributed by atoms with Crippen LogP contribution in [0.4, 0.5) is 5.69 Å². The van der Waals surface area contributed by atoms with Crippen LogP contribution in [0, 0.1) is 20.8 Å². The quantitative estimate of drug-likeness (QED) is 0.789. The number of para-hydroxylation sites is 1. The van der Waals surface area contributed by atoms with Gasteiger partial charge in [-0.1, -0.05) is 29.8 Å². The molecule has 0 bridgehead atoms. The smallest absolute Gasteiger partial charge is 0.142 e. The zero-order chi connectivity index (χ0) is 14.0. The average Bonchev–Trinajstić information content (AvgIpc) is 2.34. The van der Waals surface area contributed by atoms with Gasteiger partial charge in [-0.3, -0.25) is 4.99 Å². The van der Waals surface area contributed by atoms with Gasteiger partial charge in [-0.25, -0.2) is 0 Å². The Hall–Kier alpha value is -1.80. The van der Waals surface area contributed by atoms with Crippen LogP contribution in [0.3, 0.4) is 0 Å². The molecule has 0 aliphatic rings. The fourth-order valence-corrected chi connectivity index (χ4v) is 2.28. The largest absolute Gasteiger partial charge is 0.506 e. The van der Waals surface area contributed by atoms with Crippen LogP contribution >= 0.6 is 11.6 Å². The minimum Gasteiger partial charge on any atom is -0.506 e. The first-order valence-corrected chi connectivity index (χ1v) is 6.46. The predicted octanol–water partition coefficient (Wildman–Crippen LogP) is 4.72. The number of halogens is 1. The summed E-state index contributed by atoms with van der Waals surface area (Å²) in [6.07, 6.45) is 1.66. The van der Waals surface area contributed by atoms with E-state index in [1.54, 1.807) is 12.3 Å². The topological polar surface area (TPSA) is 32.6 Å². The first kappa shape index (κ1) is 13.6. The second kappa shape index (κ2) is 5.45. The molecule has 0 heterocycles. The fraction of sp³-hybridized carbons (Fsp3) is 0.188. The molecule has 0 saturated carbocycles. The van der Waals surface area contributed by atoms with Gasteiger partial charge in [-0.15, -0.1) is 0 Å². The van der Waals surface area contributed by atoms with Crippen molar-refractivity contribution in [1.29, 1.82) is 0 Å². The van der Waals surface area contributed by atoms with Gasteiger partial charge in [0.15, 0.2) is 0 Å². The van der Waals surface area contributed by atoms with Crippen LogP contribution in [0.1, 0.15) is 22.3 Å². The third-order valence-corrected chi connectivity index (χ3v) is 3.30. The van der Waals surface area contributed by atoms with Crippen LogP contribution in [-0.2, 0) is 0 Å². The molecule has 2 aromatic rings. The van der Waals surface area contributed by atoms with Gasteiger partial charge >= 0.3 is 0 Å². The zero-order valence-electron chi connectivity index (χ0n) is 11.2. The van der Waals surface area contributed by atoms with E-state index in [1.165, 1.54) is 0 Å². The summed E-state index contributed by atoms with van der Waals surface area (Å²) >= 11 is 5.95. The molecule has 0 saturated heterocycles. The summed E-state index contributed by atoms with van der Waals surface area (Å²) in [6, 6.07) is 9.63. The number of nitrogens with zero attached hydrogens (tertiary/aromatic N) is 1. The van der Waals surface area contributed by atoms with Crippen molar-refractivity contribution in [2.75, 3.05) is 0 Å². The van der Waals surface area contributed by atoms with Crippen molar-refractivity contribution in [1.82, 2.24) is 0 Å². The first-order valence-electron chi connectivity index (χ1n) is 6.08. The van der Waals surface area contributed by atoms with E-state index < -0.39 is 0 Å². The Morgan fingerprint density at radius 1 is 1.11 bits per heavy atom. The van der Waals surface area contributed by atoms with Gasteiger partial charge in [-0.05, 0) is 49.6 Å². The second-order valence-electron chi connectivity index (χ2n) is 4.68. The highest BCUT2D eigenvalue weighted by atomic mass is 35.5. The lowest BCUT2D eigenvalue weighted by Crippen LogP contribution is -1.87. The molecule has 2 aromatic carbocycles. The summed E-state index contributed by atoms with van der Waals surface area (Å²) in [5.74, 6) is 0.0715. The molecule has 19 heavy (non-hydrogen) atoms. The Bertz CT molecular complexity index is 627. The Balaban J connectivity index is 2.44. The molecule has 2 rings (SSSR count). The molecule has 0 spiro atoms. The number of hydrogen-bond donors (Lipinski definition) is 1. The summed E-state index contributed by atoms with van der Waals surface area (Å²) in [5.41, 5.74) is 4.77. The van der Waals surface area contributed by atoms with E-state index in [-0.39, 0.29) is 5.75 Å². The molecular formula is C16H16ClNO. The lowest BCUT2D eigenvalue weighted by molar-refractivity contribution is 0.474. The summed E-state index contributed by atoms with van der Waals surface area (Å²) < 4.78 is 0. The summed E-state index contributed by atoms with van der Waals surface area (Å²) in [4.78, 5) is 4.47. The molecule has 98 valence electrons. The van der Waals surface area contributed by atoms with Crippen LogP contribution in [0.15, 0.2) is 35.3 Å². The van der Waals surface area contributed by atoms with E-state index in [4.69, 9.17) is 11.6 Å². The van der Waals surface area contributed by atoms with Gasteiger partial charge in [-0.2, -0.15) is 0 Å². The van der Waals surface area contributed by atoms with E-state index in [9.17, 15) is 5.11 Å². The van der Waals surface area contributed by atoms with Crippen molar-refractivity contribution in [3.05, 3.63) is 57.6 Å². The molecule has 3 heteroatoms. The molecule has 0 fully saturated rings. The van der Waals surface area contributed by atoms with E-state index >= 15 is 0 Å². The number of phenols is 1. The normalized spacial score (nSPS) is 11.2. The predicted molar refractivity (Wildman–Crippen MR) is 81.0 cm³/mol. The minimum absolute atomic E-state index is 0.0715. The maximum Gasteiger partial charge on any atom is 0.142 e. The van der Waals surface area contributed by atoms with Gasteiger partial charge < -0.3 is 5.11 Å². The molecule has 0 unspecified atom stereocenters. The molecule has 0 radical (unpaired) electrons. The van der Waals surface area contributed by atoms with Gasteiger partial charge in [0.25, 0.3) is 0 Å². The third-order valence-electron chi connectivity index (χ3n) is 3.01. The lowest BCUT2D eigenvalue weighted by Gasteiger charge is -2.06. The molecule has 0 amide bonds. The Kier molecular flexibility index (Phi) is 3.91. The molecule has 0 aromatic heterocycles. The van der Waals surface area contributed by atoms with Gasteiger partial charge in [0.2, 0.25) is 0 Å². The number of rotatable bonds is 2. The number of aryl methyl sites for hydroxylation is 3. The lowest BCUT2D eigenvalue weighted by atomic mass is 10.1. The van der Waals surface area contributed by atoms with Crippen molar-refractivity contribution >= 4 is 23.5 Å². The first-order chi connectivity index (χ1) is 8.99. The second-order valence-corrected chi connectivity index (χ2v) is 5.09. The van der Waals surface area contributed by atoms with Crippen LogP contribution in [0.2, 0.25) is 5.02 Å². The summed E-state index contributed by atoms with van der Waals surface area (Å²) in [6.45, 7) is 5.97. The maximum absolute atomic E-state index is 9.92. The highest BCUT2D eigenvalue weighted by molar-refractivity contribution is 6.32. The van der Waals surface area contributed by atoms with Crippen molar-refractivity contribution in [2.45, 2.75) is 20.8 Å². The zero-order valence-corrected chi connectivity index (χ0v) is 12.0.